The molecule has 19 heavy (non-hydrogen) atoms. The van der Waals surface area contributed by atoms with Crippen molar-refractivity contribution in [2.24, 2.45) is 0 Å². The monoisotopic (exact) mass is 266 g/mol. The van der Waals surface area contributed by atoms with Gasteiger partial charge >= 0.3 is 0 Å². The molecule has 106 valence electrons. The number of nitrogens with zero attached hydrogens (tertiary/aromatic N) is 2. The Balaban J connectivity index is 2.67. The lowest BCUT2D eigenvalue weighted by Gasteiger charge is -2.16. The molecule has 0 aliphatic carbocycles. The van der Waals surface area contributed by atoms with Crippen molar-refractivity contribution in [3.63, 3.8) is 0 Å². The minimum absolute atomic E-state index is 0.00194. The van der Waals surface area contributed by atoms with Crippen molar-refractivity contribution in [2.45, 2.75) is 26.9 Å². The van der Waals surface area contributed by atoms with Crippen molar-refractivity contribution in [2.75, 3.05) is 31.2 Å². The van der Waals surface area contributed by atoms with Crippen LogP contribution in [-0.2, 0) is 4.79 Å². The van der Waals surface area contributed by atoms with Crippen molar-refractivity contribution >= 4 is 17.4 Å². The van der Waals surface area contributed by atoms with Crippen LogP contribution in [0.1, 0.15) is 20.8 Å². The Labute approximate surface area is 113 Å². The topological polar surface area (TPSA) is 80.5 Å². The van der Waals surface area contributed by atoms with Gasteiger partial charge in [0.25, 0.3) is 0 Å². The fourth-order valence-corrected chi connectivity index (χ4v) is 1.34. The Bertz CT molecular complexity index is 435. The zero-order valence-electron chi connectivity index (χ0n) is 11.9. The van der Waals surface area contributed by atoms with Crippen LogP contribution in [-0.4, -0.2) is 42.0 Å². The molecule has 0 atom stereocenters. The molecule has 0 saturated carbocycles. The average Bonchev–Trinajstić information content (AvgIpc) is 2.37. The summed E-state index contributed by atoms with van der Waals surface area (Å²) in [5, 5.41) is 2.96. The second-order valence-electron chi connectivity index (χ2n) is 4.52. The van der Waals surface area contributed by atoms with Crippen LogP contribution in [0.15, 0.2) is 12.1 Å². The fraction of sp³-hybridized carbons (Fsp3) is 0.538. The lowest BCUT2D eigenvalue weighted by molar-refractivity contribution is -0.127. The van der Waals surface area contributed by atoms with Gasteiger partial charge in [-0.15, -0.1) is 0 Å². The second-order valence-corrected chi connectivity index (χ2v) is 4.52. The number of anilines is 2. The van der Waals surface area contributed by atoms with Crippen LogP contribution >= 0.6 is 0 Å². The molecule has 0 fully saturated rings. The van der Waals surface area contributed by atoms with Crippen molar-refractivity contribution in [1.29, 1.82) is 0 Å². The molecule has 0 bridgehead atoms. The lowest BCUT2D eigenvalue weighted by Crippen LogP contribution is -2.32. The quantitative estimate of drug-likeness (QED) is 0.812. The number of nitrogens with one attached hydrogen (secondary N) is 1. The van der Waals surface area contributed by atoms with E-state index in [4.69, 9.17) is 10.5 Å². The summed E-state index contributed by atoms with van der Waals surface area (Å²) >= 11 is 0. The predicted molar refractivity (Wildman–Crippen MR) is 76.2 cm³/mol. The maximum absolute atomic E-state index is 11.7. The molecule has 6 nitrogen and oxygen atoms in total. The molecule has 1 aromatic heterocycles. The first-order valence-corrected chi connectivity index (χ1v) is 6.35. The maximum atomic E-state index is 11.7. The SMILES string of the molecule is CCN(C)C(=O)CNc1ccc(N)c(OC(C)C)n1. The van der Waals surface area contributed by atoms with E-state index in [1.165, 1.54) is 0 Å². The highest BCUT2D eigenvalue weighted by Crippen LogP contribution is 2.21. The number of ether oxygens (including phenoxy) is 1. The number of hydrogen-bond donors (Lipinski definition) is 2. The Morgan fingerprint density at radius 3 is 2.79 bits per heavy atom. The van der Waals surface area contributed by atoms with Gasteiger partial charge in [-0.1, -0.05) is 0 Å². The summed E-state index contributed by atoms with van der Waals surface area (Å²) in [5.74, 6) is 0.964. The summed E-state index contributed by atoms with van der Waals surface area (Å²) in [6.07, 6.45) is -0.00194. The molecule has 0 radical (unpaired) electrons. The highest BCUT2D eigenvalue weighted by Gasteiger charge is 2.09. The molecule has 0 unspecified atom stereocenters. The van der Waals surface area contributed by atoms with Crippen LogP contribution in [0.4, 0.5) is 11.5 Å². The van der Waals surface area contributed by atoms with E-state index < -0.39 is 0 Å². The number of carbonyl (C=O) groups excluding carboxylic acids is 1. The van der Waals surface area contributed by atoms with Crippen molar-refractivity contribution in [1.82, 2.24) is 9.88 Å². The summed E-state index contributed by atoms with van der Waals surface area (Å²) in [6, 6.07) is 3.43. The van der Waals surface area contributed by atoms with E-state index in [1.807, 2.05) is 20.8 Å². The van der Waals surface area contributed by atoms with Crippen LogP contribution in [0.25, 0.3) is 0 Å². The Hall–Kier alpha value is -1.98. The van der Waals surface area contributed by atoms with Gasteiger partial charge in [-0.2, -0.15) is 4.98 Å². The third-order valence-corrected chi connectivity index (χ3v) is 2.56. The van der Waals surface area contributed by atoms with E-state index in [0.29, 0.717) is 23.9 Å². The van der Waals surface area contributed by atoms with Gasteiger partial charge in [-0.25, -0.2) is 0 Å². The minimum Gasteiger partial charge on any atom is -0.473 e. The van der Waals surface area contributed by atoms with Gasteiger partial charge in [-0.05, 0) is 32.9 Å². The number of amides is 1. The van der Waals surface area contributed by atoms with E-state index in [1.54, 1.807) is 24.1 Å². The Morgan fingerprint density at radius 2 is 2.21 bits per heavy atom. The zero-order valence-corrected chi connectivity index (χ0v) is 11.9. The van der Waals surface area contributed by atoms with Gasteiger partial charge in [-0.3, -0.25) is 4.79 Å². The number of rotatable bonds is 6. The lowest BCUT2D eigenvalue weighted by atomic mass is 10.4. The van der Waals surface area contributed by atoms with Crippen molar-refractivity contribution in [3.05, 3.63) is 12.1 Å². The van der Waals surface area contributed by atoms with Crippen LogP contribution in [0, 0.1) is 0 Å². The van der Waals surface area contributed by atoms with E-state index >= 15 is 0 Å². The molecular weight excluding hydrogens is 244 g/mol. The summed E-state index contributed by atoms with van der Waals surface area (Å²) in [4.78, 5) is 17.5. The van der Waals surface area contributed by atoms with Crippen LogP contribution in [0.5, 0.6) is 5.88 Å². The molecule has 0 aliphatic rings. The maximum Gasteiger partial charge on any atom is 0.241 e. The van der Waals surface area contributed by atoms with Gasteiger partial charge in [0.1, 0.15) is 5.82 Å². The fourth-order valence-electron chi connectivity index (χ4n) is 1.34. The molecule has 1 amide bonds. The van der Waals surface area contributed by atoms with E-state index in [2.05, 4.69) is 10.3 Å². The van der Waals surface area contributed by atoms with Crippen molar-refractivity contribution in [3.8, 4) is 5.88 Å². The molecule has 0 aliphatic heterocycles. The van der Waals surface area contributed by atoms with Crippen LogP contribution < -0.4 is 15.8 Å². The van der Waals surface area contributed by atoms with Gasteiger partial charge in [0.15, 0.2) is 0 Å². The van der Waals surface area contributed by atoms with Gasteiger partial charge in [0.2, 0.25) is 11.8 Å². The smallest absolute Gasteiger partial charge is 0.241 e. The van der Waals surface area contributed by atoms with E-state index in [0.717, 1.165) is 0 Å². The third kappa shape index (κ3) is 4.65. The Kier molecular flexibility index (Phi) is 5.41. The molecule has 1 heterocycles. The predicted octanol–water partition coefficient (Wildman–Crippen LogP) is 1.34. The molecule has 1 aromatic rings. The number of carbonyl (C=O) groups is 1. The standard InChI is InChI=1S/C13H22N4O2/c1-5-17(4)12(18)8-15-11-7-6-10(14)13(16-11)19-9(2)3/h6-7,9H,5,8,14H2,1-4H3,(H,15,16). The van der Waals surface area contributed by atoms with Crippen LogP contribution in [0.3, 0.4) is 0 Å². The first-order chi connectivity index (χ1) is 8.93. The molecule has 1 rings (SSSR count). The molecule has 0 aromatic carbocycles. The summed E-state index contributed by atoms with van der Waals surface area (Å²) in [7, 11) is 1.76. The largest absolute Gasteiger partial charge is 0.473 e. The number of aromatic nitrogens is 1. The number of pyridine rings is 1. The molecule has 0 spiro atoms. The number of nitrogen functional groups attached to an aromatic ring is 1. The van der Waals surface area contributed by atoms with Crippen molar-refractivity contribution < 1.29 is 9.53 Å². The van der Waals surface area contributed by atoms with Crippen LogP contribution in [0.2, 0.25) is 0 Å². The molecule has 6 heteroatoms. The molecule has 0 saturated heterocycles. The summed E-state index contributed by atoms with van der Waals surface area (Å²) in [6.45, 7) is 6.61. The normalized spacial score (nSPS) is 10.4. The van der Waals surface area contributed by atoms with E-state index in [9.17, 15) is 4.79 Å². The molecular formula is C13H22N4O2. The second kappa shape index (κ2) is 6.82. The van der Waals surface area contributed by atoms with Gasteiger partial charge in [0.05, 0.1) is 18.3 Å². The first-order valence-electron chi connectivity index (χ1n) is 6.35. The van der Waals surface area contributed by atoms with Gasteiger partial charge in [0, 0.05) is 13.6 Å². The zero-order chi connectivity index (χ0) is 14.4. The average molecular weight is 266 g/mol. The van der Waals surface area contributed by atoms with Gasteiger partial charge < -0.3 is 20.7 Å². The van der Waals surface area contributed by atoms with E-state index in [-0.39, 0.29) is 18.6 Å². The molecule has 3 N–H and O–H groups in total. The number of likely N-dealkylation sites (N-methyl/N-ethyl adjacent to an activating group) is 1. The highest BCUT2D eigenvalue weighted by atomic mass is 16.5. The first kappa shape index (κ1) is 15.1. The summed E-state index contributed by atoms with van der Waals surface area (Å²) < 4.78 is 5.49. The number of nitrogens with two attached hydrogens (primary N) is 1. The summed E-state index contributed by atoms with van der Waals surface area (Å²) in [5.41, 5.74) is 6.26. The Morgan fingerprint density at radius 1 is 1.53 bits per heavy atom. The minimum atomic E-state index is -0.00194. The third-order valence-electron chi connectivity index (χ3n) is 2.56. The number of hydrogen-bond acceptors (Lipinski definition) is 5. The highest BCUT2D eigenvalue weighted by molar-refractivity contribution is 5.80.